The molecular weight excluding hydrogens is 450 g/mol. The minimum Gasteiger partial charge on any atom is -0.508 e. The van der Waals surface area contributed by atoms with Crippen LogP contribution in [0.15, 0.2) is 90.1 Å². The van der Waals surface area contributed by atoms with Gasteiger partial charge in [-0.15, -0.1) is 4.91 Å². The lowest BCUT2D eigenvalue weighted by Gasteiger charge is -2.50. The molecule has 4 rings (SSSR count). The van der Waals surface area contributed by atoms with E-state index in [1.54, 1.807) is 60.7 Å². The van der Waals surface area contributed by atoms with E-state index in [0.29, 0.717) is 16.7 Å². The first kappa shape index (κ1) is 23.6. The second kappa shape index (κ2) is 10.2. The summed E-state index contributed by atoms with van der Waals surface area (Å²) in [7, 11) is 1.22. The molecule has 35 heavy (non-hydrogen) atoms. The van der Waals surface area contributed by atoms with Gasteiger partial charge in [-0.25, -0.2) is 4.79 Å². The van der Waals surface area contributed by atoms with Gasteiger partial charge in [0.05, 0.1) is 13.2 Å². The fraction of sp³-hybridized carbons (Fsp3) is 0.192. The number of carbonyl (C=O) groups is 3. The number of ether oxygens (including phenoxy) is 1. The molecule has 1 heterocycles. The number of amides is 2. The molecule has 0 aromatic heterocycles. The first-order chi connectivity index (χ1) is 17.0. The number of hydrogen-bond donors (Lipinski definition) is 2. The van der Waals surface area contributed by atoms with Crippen molar-refractivity contribution in [1.82, 2.24) is 10.2 Å². The highest BCUT2D eigenvalue weighted by Gasteiger charge is 2.54. The minimum atomic E-state index is -1.33. The monoisotopic (exact) mass is 473 g/mol. The Kier molecular flexibility index (Phi) is 6.86. The van der Waals surface area contributed by atoms with Crippen LogP contribution in [0.25, 0.3) is 0 Å². The number of esters is 1. The quantitative estimate of drug-likeness (QED) is 0.294. The Morgan fingerprint density at radius 2 is 1.54 bits per heavy atom. The second-order valence-electron chi connectivity index (χ2n) is 8.02. The highest BCUT2D eigenvalue weighted by Crippen LogP contribution is 2.42. The standard InChI is InChI=1S/C26H23N3O6/c1-35-26(33)23(18-12-14-19(30)15-13-18)29-22(17-10-6-3-7-11-17)21(25(29)32)27-24(31)20(28-34)16-8-4-2-5-9-16/h2-15,20-23,30H,1H3,(H,27,31). The lowest BCUT2D eigenvalue weighted by atomic mass is 9.84. The van der Waals surface area contributed by atoms with E-state index in [-0.39, 0.29) is 5.75 Å². The van der Waals surface area contributed by atoms with Gasteiger partial charge in [0, 0.05) is 0 Å². The van der Waals surface area contributed by atoms with E-state index in [2.05, 4.69) is 10.5 Å². The Bertz CT molecular complexity index is 1220. The molecule has 2 N–H and O–H groups in total. The van der Waals surface area contributed by atoms with Crippen molar-refractivity contribution in [2.75, 3.05) is 7.11 Å². The summed E-state index contributed by atoms with van der Waals surface area (Å²) in [6, 6.07) is 18.9. The van der Waals surface area contributed by atoms with Gasteiger partial charge in [0.1, 0.15) is 11.8 Å². The second-order valence-corrected chi connectivity index (χ2v) is 8.02. The molecule has 2 amide bonds. The maximum Gasteiger partial charge on any atom is 0.333 e. The fourth-order valence-electron chi connectivity index (χ4n) is 4.25. The van der Waals surface area contributed by atoms with Gasteiger partial charge in [0.15, 0.2) is 12.1 Å². The topological polar surface area (TPSA) is 125 Å². The molecular formula is C26H23N3O6. The van der Waals surface area contributed by atoms with Crippen LogP contribution < -0.4 is 5.32 Å². The molecule has 0 aliphatic carbocycles. The van der Waals surface area contributed by atoms with Crippen LogP contribution in [0.3, 0.4) is 0 Å². The largest absolute Gasteiger partial charge is 0.508 e. The maximum atomic E-state index is 13.4. The van der Waals surface area contributed by atoms with Crippen molar-refractivity contribution >= 4 is 17.8 Å². The van der Waals surface area contributed by atoms with Crippen LogP contribution in [0.2, 0.25) is 0 Å². The number of nitrogens with one attached hydrogen (secondary N) is 1. The summed E-state index contributed by atoms with van der Waals surface area (Å²) in [5.74, 6) is -1.91. The van der Waals surface area contributed by atoms with Crippen LogP contribution in [0.1, 0.15) is 34.8 Å². The SMILES string of the molecule is COC(=O)C(c1ccc(O)cc1)N1C(=O)C(NC(=O)C(N=O)c2ccccc2)C1c1ccccc1. The van der Waals surface area contributed by atoms with Crippen LogP contribution in [0.4, 0.5) is 0 Å². The van der Waals surface area contributed by atoms with E-state index in [1.807, 2.05) is 0 Å². The summed E-state index contributed by atoms with van der Waals surface area (Å²) in [5.41, 5.74) is 1.52. The molecule has 4 atom stereocenters. The van der Waals surface area contributed by atoms with E-state index < -0.39 is 42.0 Å². The minimum absolute atomic E-state index is 0.00497. The third kappa shape index (κ3) is 4.61. The highest BCUT2D eigenvalue weighted by molar-refractivity contribution is 5.98. The van der Waals surface area contributed by atoms with Gasteiger partial charge in [0.2, 0.25) is 5.91 Å². The molecule has 0 bridgehead atoms. The zero-order valence-corrected chi connectivity index (χ0v) is 18.8. The number of benzene rings is 3. The fourth-order valence-corrected chi connectivity index (χ4v) is 4.25. The molecule has 3 aromatic rings. The van der Waals surface area contributed by atoms with Crippen molar-refractivity contribution in [2.45, 2.75) is 24.2 Å². The zero-order valence-electron chi connectivity index (χ0n) is 18.8. The van der Waals surface area contributed by atoms with Crippen LogP contribution >= 0.6 is 0 Å². The van der Waals surface area contributed by atoms with E-state index in [1.165, 1.54) is 36.3 Å². The summed E-state index contributed by atoms with van der Waals surface area (Å²) in [6.07, 6.45) is 0. The summed E-state index contributed by atoms with van der Waals surface area (Å²) in [4.78, 5) is 52.0. The number of nitroso groups, excluding NO2 is 1. The Labute approximate surface area is 201 Å². The number of phenols is 1. The summed E-state index contributed by atoms with van der Waals surface area (Å²) >= 11 is 0. The van der Waals surface area contributed by atoms with Crippen LogP contribution in [-0.4, -0.2) is 40.9 Å². The number of nitrogens with zero attached hydrogens (tertiary/aromatic N) is 2. The molecule has 0 radical (unpaired) electrons. The molecule has 1 saturated heterocycles. The molecule has 1 fully saturated rings. The Hall–Kier alpha value is -4.53. The predicted octanol–water partition coefficient (Wildman–Crippen LogP) is 3.18. The van der Waals surface area contributed by atoms with Gasteiger partial charge >= 0.3 is 5.97 Å². The number of methoxy groups -OCH3 is 1. The average molecular weight is 473 g/mol. The van der Waals surface area contributed by atoms with Gasteiger partial charge in [-0.2, -0.15) is 0 Å². The predicted molar refractivity (Wildman–Crippen MR) is 126 cm³/mol. The van der Waals surface area contributed by atoms with Gasteiger partial charge in [-0.1, -0.05) is 78.0 Å². The third-order valence-corrected chi connectivity index (χ3v) is 5.96. The lowest BCUT2D eigenvalue weighted by molar-refractivity contribution is -0.169. The number of likely N-dealkylation sites (tertiary alicyclic amines) is 1. The first-order valence-corrected chi connectivity index (χ1v) is 10.9. The molecule has 3 aromatic carbocycles. The van der Waals surface area contributed by atoms with Crippen molar-refractivity contribution in [1.29, 1.82) is 0 Å². The van der Waals surface area contributed by atoms with Gasteiger partial charge in [-0.05, 0) is 28.8 Å². The number of aromatic hydroxyl groups is 1. The zero-order chi connectivity index (χ0) is 24.9. The molecule has 4 unspecified atom stereocenters. The van der Waals surface area contributed by atoms with Crippen molar-refractivity contribution in [3.05, 3.63) is 107 Å². The Morgan fingerprint density at radius 3 is 2.11 bits per heavy atom. The van der Waals surface area contributed by atoms with Crippen molar-refractivity contribution < 1.29 is 24.2 Å². The van der Waals surface area contributed by atoms with Crippen LogP contribution in [0, 0.1) is 4.91 Å². The van der Waals surface area contributed by atoms with E-state index in [4.69, 9.17) is 4.74 Å². The Morgan fingerprint density at radius 1 is 0.943 bits per heavy atom. The maximum absolute atomic E-state index is 13.4. The van der Waals surface area contributed by atoms with E-state index >= 15 is 0 Å². The van der Waals surface area contributed by atoms with E-state index in [0.717, 1.165) is 0 Å². The third-order valence-electron chi connectivity index (χ3n) is 5.96. The molecule has 9 heteroatoms. The number of carbonyl (C=O) groups excluding carboxylic acids is 3. The van der Waals surface area contributed by atoms with Crippen LogP contribution in [0.5, 0.6) is 5.75 Å². The summed E-state index contributed by atoms with van der Waals surface area (Å²) in [6.45, 7) is 0. The summed E-state index contributed by atoms with van der Waals surface area (Å²) < 4.78 is 4.98. The van der Waals surface area contributed by atoms with Gasteiger partial charge in [0.25, 0.3) is 5.91 Å². The Balaban J connectivity index is 1.68. The van der Waals surface area contributed by atoms with Gasteiger partial charge < -0.3 is 20.1 Å². The number of rotatable bonds is 8. The number of phenolic OH excluding ortho intramolecular Hbond substituents is 1. The van der Waals surface area contributed by atoms with Gasteiger partial charge in [-0.3, -0.25) is 9.59 Å². The number of hydrogen-bond acceptors (Lipinski definition) is 7. The molecule has 0 spiro atoms. The smallest absolute Gasteiger partial charge is 0.333 e. The van der Waals surface area contributed by atoms with Crippen molar-refractivity contribution in [3.8, 4) is 5.75 Å². The average Bonchev–Trinajstić information content (AvgIpc) is 2.89. The first-order valence-electron chi connectivity index (χ1n) is 10.9. The molecule has 1 aliphatic rings. The summed E-state index contributed by atoms with van der Waals surface area (Å²) in [5, 5.41) is 15.3. The van der Waals surface area contributed by atoms with E-state index in [9.17, 15) is 24.4 Å². The molecule has 1 aliphatic heterocycles. The normalized spacial score (nSPS) is 18.7. The molecule has 0 saturated carbocycles. The molecule has 9 nitrogen and oxygen atoms in total. The highest BCUT2D eigenvalue weighted by atomic mass is 16.5. The molecule has 178 valence electrons. The number of β-lactam (4-membered cyclic amide) rings is 1. The van der Waals surface area contributed by atoms with Crippen LogP contribution in [-0.2, 0) is 19.1 Å². The van der Waals surface area contributed by atoms with Crippen molar-refractivity contribution in [2.24, 2.45) is 5.18 Å². The van der Waals surface area contributed by atoms with Crippen molar-refractivity contribution in [3.63, 3.8) is 0 Å². The lowest BCUT2D eigenvalue weighted by Crippen LogP contribution is -2.67.